The molecule has 0 saturated heterocycles. The molecule has 30 heavy (non-hydrogen) atoms. The first-order valence-electron chi connectivity index (χ1n) is 10.3. The number of hydrogen-bond acceptors (Lipinski definition) is 6. The van der Waals surface area contributed by atoms with E-state index in [9.17, 15) is 9.59 Å². The Morgan fingerprint density at radius 1 is 1.20 bits per heavy atom. The Morgan fingerprint density at radius 3 is 2.73 bits per heavy atom. The molecule has 1 unspecified atom stereocenters. The monoisotopic (exact) mass is 409 g/mol. The lowest BCUT2D eigenvalue weighted by atomic mass is 10.0. The minimum Gasteiger partial charge on any atom is -0.454 e. The molecule has 0 aromatic heterocycles. The van der Waals surface area contributed by atoms with Gasteiger partial charge in [0.25, 0.3) is 5.91 Å². The highest BCUT2D eigenvalue weighted by molar-refractivity contribution is 6.04. The van der Waals surface area contributed by atoms with E-state index in [1.54, 1.807) is 30.5 Å². The molecule has 0 spiro atoms. The number of carbonyl (C=O) groups is 2. The number of hydrazone groups is 1. The Hall–Kier alpha value is -3.35. The van der Waals surface area contributed by atoms with Crippen molar-refractivity contribution in [2.24, 2.45) is 5.10 Å². The van der Waals surface area contributed by atoms with Crippen molar-refractivity contribution < 1.29 is 19.1 Å². The fraction of sp³-hybridized carbons (Fsp3) is 0.348. The number of esters is 1. The summed E-state index contributed by atoms with van der Waals surface area (Å²) in [5.41, 5.74) is 6.01. The molecule has 2 aromatic rings. The first-order valence-corrected chi connectivity index (χ1v) is 10.3. The molecule has 1 aliphatic rings. The van der Waals surface area contributed by atoms with Crippen molar-refractivity contribution in [2.75, 3.05) is 11.9 Å². The average Bonchev–Trinajstić information content (AvgIpc) is 2.74. The number of ether oxygens (including phenoxy) is 2. The number of nitrogens with one attached hydrogen (secondary N) is 2. The lowest BCUT2D eigenvalue weighted by Crippen LogP contribution is -2.28. The van der Waals surface area contributed by atoms with Crippen LogP contribution in [0.15, 0.2) is 47.6 Å². The largest absolute Gasteiger partial charge is 0.454 e. The zero-order valence-corrected chi connectivity index (χ0v) is 17.3. The Labute approximate surface area is 176 Å². The number of nitrogens with zero attached hydrogens (tertiary/aromatic N) is 1. The van der Waals surface area contributed by atoms with Gasteiger partial charge in [0.1, 0.15) is 5.75 Å². The van der Waals surface area contributed by atoms with Crippen LogP contribution in [0.1, 0.15) is 54.6 Å². The normalized spacial score (nSPS) is 15.2. The number of rotatable bonds is 8. The summed E-state index contributed by atoms with van der Waals surface area (Å²) in [4.78, 5) is 24.2. The van der Waals surface area contributed by atoms with Gasteiger partial charge in [-0.05, 0) is 61.2 Å². The van der Waals surface area contributed by atoms with Gasteiger partial charge in [-0.3, -0.25) is 9.59 Å². The van der Waals surface area contributed by atoms with Crippen LogP contribution in [0.5, 0.6) is 5.75 Å². The van der Waals surface area contributed by atoms with E-state index in [0.717, 1.165) is 24.1 Å². The Kier molecular flexibility index (Phi) is 7.43. The predicted molar refractivity (Wildman–Crippen MR) is 116 cm³/mol. The second-order valence-corrected chi connectivity index (χ2v) is 6.99. The van der Waals surface area contributed by atoms with E-state index >= 15 is 0 Å². The molecular formula is C23H27N3O4. The molecule has 0 radical (unpaired) electrons. The number of hydrogen-bond donors (Lipinski definition) is 2. The molecule has 2 aromatic carbocycles. The van der Waals surface area contributed by atoms with E-state index in [1.165, 1.54) is 0 Å². The number of fused-ring (bicyclic) bond motifs is 1. The highest BCUT2D eigenvalue weighted by atomic mass is 16.7. The fourth-order valence-electron chi connectivity index (χ4n) is 3.07. The minimum absolute atomic E-state index is 0.187. The van der Waals surface area contributed by atoms with Crippen molar-refractivity contribution in [1.29, 1.82) is 0 Å². The molecular weight excluding hydrogens is 382 g/mol. The summed E-state index contributed by atoms with van der Waals surface area (Å²) in [6, 6.07) is 12.7. The third kappa shape index (κ3) is 5.83. The van der Waals surface area contributed by atoms with Gasteiger partial charge < -0.3 is 20.2 Å². The van der Waals surface area contributed by atoms with Crippen LogP contribution in [0.2, 0.25) is 0 Å². The summed E-state index contributed by atoms with van der Waals surface area (Å²) >= 11 is 0. The highest BCUT2D eigenvalue weighted by Crippen LogP contribution is 2.30. The maximum absolute atomic E-state index is 12.5. The van der Waals surface area contributed by atoms with Gasteiger partial charge in [-0.15, -0.1) is 0 Å². The van der Waals surface area contributed by atoms with E-state index in [-0.39, 0.29) is 11.9 Å². The summed E-state index contributed by atoms with van der Waals surface area (Å²) in [5, 5.41) is 6.97. The maximum Gasteiger partial charge on any atom is 0.308 e. The summed E-state index contributed by atoms with van der Waals surface area (Å²) in [6.07, 6.45) is 3.60. The summed E-state index contributed by atoms with van der Waals surface area (Å²) in [5.74, 6) is 0.250. The van der Waals surface area contributed by atoms with Gasteiger partial charge in [0.15, 0.2) is 0 Å². The lowest BCUT2D eigenvalue weighted by Gasteiger charge is -2.26. The summed E-state index contributed by atoms with van der Waals surface area (Å²) < 4.78 is 11.1. The second kappa shape index (κ2) is 10.4. The molecule has 0 saturated carbocycles. The zero-order valence-electron chi connectivity index (χ0n) is 17.3. The number of anilines is 1. The van der Waals surface area contributed by atoms with Gasteiger partial charge in [-0.2, -0.15) is 5.10 Å². The van der Waals surface area contributed by atoms with Gasteiger partial charge in [0.2, 0.25) is 6.29 Å². The third-order valence-electron chi connectivity index (χ3n) is 4.58. The Morgan fingerprint density at radius 2 is 2.00 bits per heavy atom. The molecule has 0 aliphatic carbocycles. The zero-order chi connectivity index (χ0) is 21.3. The quantitative estimate of drug-likeness (QED) is 0.392. The molecule has 7 heteroatoms. The van der Waals surface area contributed by atoms with E-state index in [1.807, 2.05) is 32.0 Å². The fourth-order valence-corrected chi connectivity index (χ4v) is 3.07. The third-order valence-corrected chi connectivity index (χ3v) is 4.58. The molecule has 1 amide bonds. The molecule has 0 fully saturated rings. The van der Waals surface area contributed by atoms with E-state index in [0.29, 0.717) is 36.3 Å². The number of carbonyl (C=O) groups excluding carboxylic acids is 2. The van der Waals surface area contributed by atoms with Crippen molar-refractivity contribution in [1.82, 2.24) is 5.43 Å². The smallest absolute Gasteiger partial charge is 0.308 e. The van der Waals surface area contributed by atoms with Gasteiger partial charge >= 0.3 is 5.97 Å². The summed E-state index contributed by atoms with van der Waals surface area (Å²) in [6.45, 7) is 4.66. The van der Waals surface area contributed by atoms with Crippen molar-refractivity contribution in [3.63, 3.8) is 0 Å². The van der Waals surface area contributed by atoms with Crippen LogP contribution < -0.4 is 15.5 Å². The lowest BCUT2D eigenvalue weighted by molar-refractivity contribution is -0.165. The molecule has 0 bridgehead atoms. The van der Waals surface area contributed by atoms with Gasteiger partial charge in [-0.25, -0.2) is 0 Å². The van der Waals surface area contributed by atoms with Crippen LogP contribution in [0.3, 0.4) is 0 Å². The first-order chi connectivity index (χ1) is 14.6. The van der Waals surface area contributed by atoms with Crippen molar-refractivity contribution in [3.8, 4) is 5.75 Å². The van der Waals surface area contributed by atoms with Crippen LogP contribution in [-0.4, -0.2) is 30.9 Å². The maximum atomic E-state index is 12.5. The number of benzene rings is 2. The van der Waals surface area contributed by atoms with Crippen LogP contribution in [0, 0.1) is 0 Å². The highest BCUT2D eigenvalue weighted by Gasteiger charge is 2.23. The van der Waals surface area contributed by atoms with Crippen molar-refractivity contribution in [2.45, 2.75) is 45.8 Å². The standard InChI is InChI=1S/C23H27N3O4/c1-3-5-21(27)30-22-13-10-18-14-19(11-12-20(18)29-22)26-23(28)17-8-6-16(7-9-17)15-25-24-4-2/h6-9,11-12,14-15,22,24H,3-5,10,13H2,1-2H3,(H,26,28). The molecule has 1 aliphatic heterocycles. The Balaban J connectivity index is 1.59. The van der Waals surface area contributed by atoms with E-state index in [4.69, 9.17) is 9.47 Å². The number of amides is 1. The van der Waals surface area contributed by atoms with Crippen LogP contribution in [-0.2, 0) is 16.0 Å². The van der Waals surface area contributed by atoms with Crippen LogP contribution >= 0.6 is 0 Å². The predicted octanol–water partition coefficient (Wildman–Crippen LogP) is 3.88. The van der Waals surface area contributed by atoms with Gasteiger partial charge in [0.05, 0.1) is 6.21 Å². The molecule has 3 rings (SSSR count). The van der Waals surface area contributed by atoms with Crippen molar-refractivity contribution >= 4 is 23.8 Å². The average molecular weight is 409 g/mol. The first kappa shape index (κ1) is 21.4. The van der Waals surface area contributed by atoms with E-state index < -0.39 is 6.29 Å². The topological polar surface area (TPSA) is 89.0 Å². The minimum atomic E-state index is -0.549. The van der Waals surface area contributed by atoms with E-state index in [2.05, 4.69) is 15.8 Å². The second-order valence-electron chi connectivity index (χ2n) is 6.99. The van der Waals surface area contributed by atoms with Crippen molar-refractivity contribution in [3.05, 3.63) is 59.2 Å². The number of aryl methyl sites for hydroxylation is 1. The molecule has 7 nitrogen and oxygen atoms in total. The Bertz CT molecular complexity index is 909. The molecule has 158 valence electrons. The molecule has 1 atom stereocenters. The van der Waals surface area contributed by atoms with Gasteiger partial charge in [0, 0.05) is 30.6 Å². The van der Waals surface area contributed by atoms with Gasteiger partial charge in [-0.1, -0.05) is 19.1 Å². The summed E-state index contributed by atoms with van der Waals surface area (Å²) in [7, 11) is 0. The molecule has 2 N–H and O–H groups in total. The SMILES string of the molecule is CCCC(=O)OC1CCc2cc(NC(=O)c3ccc(C=NNCC)cc3)ccc2O1. The van der Waals surface area contributed by atoms with Crippen LogP contribution in [0.4, 0.5) is 5.69 Å². The molecule has 1 heterocycles. The van der Waals surface area contributed by atoms with Crippen LogP contribution in [0.25, 0.3) is 0 Å².